The number of benzene rings is 2. The number of H-pyrrole nitrogens is 1. The van der Waals surface area contributed by atoms with Crippen molar-refractivity contribution in [1.82, 2.24) is 10.3 Å². The van der Waals surface area contributed by atoms with Gasteiger partial charge in [0.05, 0.1) is 6.61 Å². The molecule has 0 aliphatic carbocycles. The summed E-state index contributed by atoms with van der Waals surface area (Å²) in [5, 5.41) is 4.43. The number of esters is 1. The summed E-state index contributed by atoms with van der Waals surface area (Å²) in [4.78, 5) is 18.5. The number of fused-ring (bicyclic) bond motifs is 1. The minimum atomic E-state index is -0.432. The van der Waals surface area contributed by atoms with Gasteiger partial charge in [-0.15, -0.1) is 0 Å². The second kappa shape index (κ2) is 7.84. The molecule has 0 bridgehead atoms. The van der Waals surface area contributed by atoms with E-state index >= 15 is 0 Å². The van der Waals surface area contributed by atoms with Crippen LogP contribution in [0.1, 0.15) is 24.0 Å². The molecule has 1 aliphatic heterocycles. The third-order valence-electron chi connectivity index (χ3n) is 5.16. The van der Waals surface area contributed by atoms with Crippen molar-refractivity contribution >= 4 is 22.6 Å². The lowest BCUT2D eigenvalue weighted by Crippen LogP contribution is -2.43. The van der Waals surface area contributed by atoms with Crippen LogP contribution in [0.4, 0.5) is 5.69 Å². The highest BCUT2D eigenvalue weighted by Crippen LogP contribution is 2.33. The number of carbonyl (C=O) groups excluding carboxylic acids is 1. The summed E-state index contributed by atoms with van der Waals surface area (Å²) in [6.45, 7) is 6.23. The van der Waals surface area contributed by atoms with Crippen LogP contribution in [0, 0.1) is 0 Å². The fraction of sp³-hybridized carbons (Fsp3) is 0.318. The topological polar surface area (TPSA) is 57.4 Å². The van der Waals surface area contributed by atoms with Crippen LogP contribution in [0.25, 0.3) is 10.9 Å². The Hall–Kier alpha value is -2.79. The molecule has 1 aromatic heterocycles. The molecule has 3 aromatic rings. The Kier molecular flexibility index (Phi) is 5.12. The Bertz CT molecular complexity index is 911. The zero-order valence-electron chi connectivity index (χ0n) is 15.6. The smallest absolute Gasteiger partial charge is 0.317 e. The fourth-order valence-corrected chi connectivity index (χ4v) is 3.80. The Balaban J connectivity index is 1.69. The van der Waals surface area contributed by atoms with E-state index in [4.69, 9.17) is 4.74 Å². The monoisotopic (exact) mass is 363 g/mol. The number of rotatable bonds is 5. The van der Waals surface area contributed by atoms with Gasteiger partial charge in [0.2, 0.25) is 0 Å². The minimum Gasteiger partial charge on any atom is -0.465 e. The molecule has 1 saturated heterocycles. The Labute approximate surface area is 159 Å². The number of aromatic amines is 1. The highest BCUT2D eigenvalue weighted by atomic mass is 16.5. The first-order chi connectivity index (χ1) is 13.3. The Morgan fingerprint density at radius 2 is 1.85 bits per heavy atom. The molecule has 0 spiro atoms. The van der Waals surface area contributed by atoms with Crippen LogP contribution >= 0.6 is 0 Å². The van der Waals surface area contributed by atoms with Crippen LogP contribution in [0.5, 0.6) is 0 Å². The molecule has 27 heavy (non-hydrogen) atoms. The van der Waals surface area contributed by atoms with Crippen molar-refractivity contribution in [3.63, 3.8) is 0 Å². The van der Waals surface area contributed by atoms with Crippen molar-refractivity contribution in [3.05, 3.63) is 65.9 Å². The zero-order valence-corrected chi connectivity index (χ0v) is 15.6. The van der Waals surface area contributed by atoms with E-state index in [1.54, 1.807) is 0 Å². The highest BCUT2D eigenvalue weighted by molar-refractivity contribution is 5.92. The number of aromatic nitrogens is 1. The lowest BCUT2D eigenvalue weighted by molar-refractivity contribution is -0.143. The number of para-hydroxylation sites is 1. The van der Waals surface area contributed by atoms with Gasteiger partial charge >= 0.3 is 5.97 Å². The lowest BCUT2D eigenvalue weighted by atomic mass is 9.91. The summed E-state index contributed by atoms with van der Waals surface area (Å²) >= 11 is 0. The van der Waals surface area contributed by atoms with E-state index < -0.39 is 5.92 Å². The molecule has 5 heteroatoms. The van der Waals surface area contributed by atoms with Gasteiger partial charge in [-0.2, -0.15) is 0 Å². The number of hydrogen-bond donors (Lipinski definition) is 2. The van der Waals surface area contributed by atoms with Crippen molar-refractivity contribution in [1.29, 1.82) is 0 Å². The standard InChI is InChI=1S/C22H25N3O2/c1-2-27-22(26)21(19-15-24-20-6-4-3-5-18(19)20)16-7-9-17(10-8-16)25-13-11-23-12-14-25/h3-10,15,21,23-24H,2,11-14H2,1H3. The first-order valence-corrected chi connectivity index (χ1v) is 9.56. The van der Waals surface area contributed by atoms with Gasteiger partial charge in [0.25, 0.3) is 0 Å². The molecule has 4 rings (SSSR count). The van der Waals surface area contributed by atoms with Crippen molar-refractivity contribution in [2.75, 3.05) is 37.7 Å². The average Bonchev–Trinajstić information content (AvgIpc) is 3.14. The van der Waals surface area contributed by atoms with Gasteiger partial charge < -0.3 is 19.9 Å². The van der Waals surface area contributed by atoms with Crippen molar-refractivity contribution < 1.29 is 9.53 Å². The number of piperazine rings is 1. The zero-order chi connectivity index (χ0) is 18.6. The van der Waals surface area contributed by atoms with Gasteiger partial charge in [-0.1, -0.05) is 30.3 Å². The second-order valence-corrected chi connectivity index (χ2v) is 6.80. The Morgan fingerprint density at radius 1 is 1.11 bits per heavy atom. The molecule has 1 aliphatic rings. The third-order valence-corrected chi connectivity index (χ3v) is 5.16. The molecule has 1 atom stereocenters. The molecule has 1 unspecified atom stereocenters. The first-order valence-electron chi connectivity index (χ1n) is 9.56. The molecule has 2 aromatic carbocycles. The molecule has 140 valence electrons. The van der Waals surface area contributed by atoms with E-state index in [9.17, 15) is 4.79 Å². The molecule has 2 N–H and O–H groups in total. The van der Waals surface area contributed by atoms with E-state index in [0.29, 0.717) is 6.61 Å². The van der Waals surface area contributed by atoms with Gasteiger partial charge in [0, 0.05) is 49.0 Å². The second-order valence-electron chi connectivity index (χ2n) is 6.80. The maximum atomic E-state index is 12.8. The molecular weight excluding hydrogens is 338 g/mol. The fourth-order valence-electron chi connectivity index (χ4n) is 3.80. The SMILES string of the molecule is CCOC(=O)C(c1ccc(N2CCNCC2)cc1)c1c[nH]c2ccccc12. The summed E-state index contributed by atoms with van der Waals surface area (Å²) in [5.41, 5.74) is 4.14. The molecule has 1 fully saturated rings. The molecule has 2 heterocycles. The number of carbonyl (C=O) groups is 1. The van der Waals surface area contributed by atoms with Crippen molar-refractivity contribution in [2.24, 2.45) is 0 Å². The maximum absolute atomic E-state index is 12.8. The quantitative estimate of drug-likeness (QED) is 0.683. The van der Waals surface area contributed by atoms with E-state index in [1.807, 2.05) is 37.4 Å². The van der Waals surface area contributed by atoms with Crippen LogP contribution < -0.4 is 10.2 Å². The summed E-state index contributed by atoms with van der Waals surface area (Å²) in [6, 6.07) is 16.4. The number of nitrogens with zero attached hydrogens (tertiary/aromatic N) is 1. The largest absolute Gasteiger partial charge is 0.465 e. The van der Waals surface area contributed by atoms with Gasteiger partial charge in [0.15, 0.2) is 0 Å². The van der Waals surface area contributed by atoms with E-state index in [2.05, 4.69) is 39.5 Å². The van der Waals surface area contributed by atoms with Crippen LogP contribution in [-0.4, -0.2) is 43.7 Å². The average molecular weight is 363 g/mol. The van der Waals surface area contributed by atoms with Crippen LogP contribution in [0.3, 0.4) is 0 Å². The molecule has 5 nitrogen and oxygen atoms in total. The number of hydrogen-bond acceptors (Lipinski definition) is 4. The van der Waals surface area contributed by atoms with Gasteiger partial charge in [-0.25, -0.2) is 0 Å². The van der Waals surface area contributed by atoms with Crippen molar-refractivity contribution in [2.45, 2.75) is 12.8 Å². The van der Waals surface area contributed by atoms with Crippen molar-refractivity contribution in [3.8, 4) is 0 Å². The summed E-state index contributed by atoms with van der Waals surface area (Å²) < 4.78 is 5.41. The summed E-state index contributed by atoms with van der Waals surface area (Å²) in [5.74, 6) is -0.643. The molecule has 0 amide bonds. The predicted molar refractivity (Wildman–Crippen MR) is 108 cm³/mol. The molecule has 0 radical (unpaired) electrons. The number of nitrogens with one attached hydrogen (secondary N) is 2. The normalized spacial score (nSPS) is 15.7. The van der Waals surface area contributed by atoms with E-state index in [-0.39, 0.29) is 5.97 Å². The number of ether oxygens (including phenoxy) is 1. The van der Waals surface area contributed by atoms with Gasteiger partial charge in [-0.05, 0) is 36.2 Å². The number of anilines is 1. The maximum Gasteiger partial charge on any atom is 0.317 e. The third kappa shape index (κ3) is 3.55. The van der Waals surface area contributed by atoms with E-state index in [0.717, 1.165) is 48.2 Å². The molecule has 0 saturated carbocycles. The van der Waals surface area contributed by atoms with Gasteiger partial charge in [-0.3, -0.25) is 4.79 Å². The minimum absolute atomic E-state index is 0.211. The van der Waals surface area contributed by atoms with Crippen LogP contribution in [0.2, 0.25) is 0 Å². The predicted octanol–water partition coefficient (Wildman–Crippen LogP) is 3.27. The summed E-state index contributed by atoms with van der Waals surface area (Å²) in [7, 11) is 0. The van der Waals surface area contributed by atoms with Gasteiger partial charge in [0.1, 0.15) is 5.92 Å². The Morgan fingerprint density at radius 3 is 2.59 bits per heavy atom. The highest BCUT2D eigenvalue weighted by Gasteiger charge is 2.27. The van der Waals surface area contributed by atoms with Crippen LogP contribution in [-0.2, 0) is 9.53 Å². The molecular formula is C22H25N3O2. The van der Waals surface area contributed by atoms with E-state index in [1.165, 1.54) is 5.69 Å². The lowest BCUT2D eigenvalue weighted by Gasteiger charge is -2.29. The first kappa shape index (κ1) is 17.6. The van der Waals surface area contributed by atoms with Crippen LogP contribution in [0.15, 0.2) is 54.7 Å². The summed E-state index contributed by atoms with van der Waals surface area (Å²) in [6.07, 6.45) is 1.93.